The van der Waals surface area contributed by atoms with E-state index in [-0.39, 0.29) is 5.82 Å². The molecule has 4 rings (SSSR count). The number of fused-ring (bicyclic) bond motifs is 1. The molecule has 0 unspecified atom stereocenters. The Bertz CT molecular complexity index is 556. The van der Waals surface area contributed by atoms with Crippen molar-refractivity contribution in [2.24, 2.45) is 0 Å². The lowest BCUT2D eigenvalue weighted by Crippen LogP contribution is -2.54. The number of anilines is 1. The monoisotopic (exact) mass is 317 g/mol. The maximum absolute atomic E-state index is 14.5. The standard InChI is InChI=1S/C19H28FN3/c1-15-12-22-10-4-5-17(22)14-23(15)13-16-6-7-19(18(20)11-16)21-8-2-3-9-21/h6-7,11,15,17H,2-5,8-10,12-14H2,1H3/t15-,17-/m1/s1. The van der Waals surface area contributed by atoms with E-state index in [2.05, 4.69) is 27.7 Å². The molecule has 0 spiro atoms. The van der Waals surface area contributed by atoms with Gasteiger partial charge in [0.15, 0.2) is 0 Å². The highest BCUT2D eigenvalue weighted by molar-refractivity contribution is 5.49. The summed E-state index contributed by atoms with van der Waals surface area (Å²) in [6.07, 6.45) is 5.03. The second-order valence-corrected chi connectivity index (χ2v) is 7.55. The number of nitrogens with zero attached hydrogens (tertiary/aromatic N) is 3. The normalized spacial score (nSPS) is 29.2. The summed E-state index contributed by atoms with van der Waals surface area (Å²) in [5.41, 5.74) is 1.91. The zero-order chi connectivity index (χ0) is 15.8. The van der Waals surface area contributed by atoms with Crippen molar-refractivity contribution in [3.05, 3.63) is 29.6 Å². The van der Waals surface area contributed by atoms with Crippen molar-refractivity contribution in [3.8, 4) is 0 Å². The van der Waals surface area contributed by atoms with Gasteiger partial charge in [0.25, 0.3) is 0 Å². The minimum atomic E-state index is -0.0449. The first kappa shape index (κ1) is 15.4. The van der Waals surface area contributed by atoms with Crippen LogP contribution < -0.4 is 4.90 Å². The molecule has 0 aromatic heterocycles. The van der Waals surface area contributed by atoms with Gasteiger partial charge in [0.2, 0.25) is 0 Å². The van der Waals surface area contributed by atoms with E-state index < -0.39 is 0 Å². The molecule has 3 fully saturated rings. The van der Waals surface area contributed by atoms with Crippen LogP contribution >= 0.6 is 0 Å². The predicted molar refractivity (Wildman–Crippen MR) is 92.3 cm³/mol. The molecule has 1 aromatic rings. The topological polar surface area (TPSA) is 9.72 Å². The van der Waals surface area contributed by atoms with Gasteiger partial charge in [-0.05, 0) is 56.8 Å². The minimum absolute atomic E-state index is 0.0449. The summed E-state index contributed by atoms with van der Waals surface area (Å²) in [7, 11) is 0. The van der Waals surface area contributed by atoms with Crippen molar-refractivity contribution in [1.82, 2.24) is 9.80 Å². The van der Waals surface area contributed by atoms with Crippen LogP contribution in [0, 0.1) is 5.82 Å². The van der Waals surface area contributed by atoms with Gasteiger partial charge in [-0.2, -0.15) is 0 Å². The molecule has 0 saturated carbocycles. The molecule has 0 aliphatic carbocycles. The predicted octanol–water partition coefficient (Wildman–Crippen LogP) is 3.09. The highest BCUT2D eigenvalue weighted by Crippen LogP contribution is 2.28. The van der Waals surface area contributed by atoms with Crippen molar-refractivity contribution in [2.45, 2.75) is 51.2 Å². The number of benzene rings is 1. The zero-order valence-corrected chi connectivity index (χ0v) is 14.2. The highest BCUT2D eigenvalue weighted by Gasteiger charge is 2.34. The van der Waals surface area contributed by atoms with Gasteiger partial charge in [0, 0.05) is 44.8 Å². The first-order valence-corrected chi connectivity index (χ1v) is 9.22. The molecule has 126 valence electrons. The summed E-state index contributed by atoms with van der Waals surface area (Å²) in [5, 5.41) is 0. The fourth-order valence-corrected chi connectivity index (χ4v) is 4.57. The van der Waals surface area contributed by atoms with Gasteiger partial charge >= 0.3 is 0 Å². The van der Waals surface area contributed by atoms with Crippen LogP contribution in [0.1, 0.15) is 38.2 Å². The Labute approximate surface area is 139 Å². The average molecular weight is 317 g/mol. The fourth-order valence-electron chi connectivity index (χ4n) is 4.57. The zero-order valence-electron chi connectivity index (χ0n) is 14.2. The van der Waals surface area contributed by atoms with Crippen molar-refractivity contribution >= 4 is 5.69 Å². The largest absolute Gasteiger partial charge is 0.369 e. The number of hydrogen-bond donors (Lipinski definition) is 0. The van der Waals surface area contributed by atoms with Gasteiger partial charge in [-0.25, -0.2) is 4.39 Å². The second kappa shape index (κ2) is 6.40. The maximum atomic E-state index is 14.5. The van der Waals surface area contributed by atoms with Crippen LogP contribution in [-0.2, 0) is 6.54 Å². The summed E-state index contributed by atoms with van der Waals surface area (Å²) in [6, 6.07) is 7.17. The van der Waals surface area contributed by atoms with Gasteiger partial charge in [-0.15, -0.1) is 0 Å². The van der Waals surface area contributed by atoms with E-state index in [4.69, 9.17) is 0 Å². The Balaban J connectivity index is 1.45. The van der Waals surface area contributed by atoms with Crippen molar-refractivity contribution in [2.75, 3.05) is 37.6 Å². The molecule has 3 aliphatic heterocycles. The Kier molecular flexibility index (Phi) is 4.29. The lowest BCUT2D eigenvalue weighted by molar-refractivity contribution is 0.0540. The van der Waals surface area contributed by atoms with E-state index in [0.717, 1.165) is 43.5 Å². The van der Waals surface area contributed by atoms with Gasteiger partial charge < -0.3 is 4.90 Å². The van der Waals surface area contributed by atoms with Gasteiger partial charge in [-0.1, -0.05) is 6.07 Å². The molecule has 4 heteroatoms. The van der Waals surface area contributed by atoms with Crippen molar-refractivity contribution < 1.29 is 4.39 Å². The van der Waals surface area contributed by atoms with E-state index in [9.17, 15) is 4.39 Å². The summed E-state index contributed by atoms with van der Waals surface area (Å²) in [5.74, 6) is -0.0449. The van der Waals surface area contributed by atoms with Gasteiger partial charge in [-0.3, -0.25) is 9.80 Å². The van der Waals surface area contributed by atoms with Gasteiger partial charge in [0.1, 0.15) is 5.82 Å². The minimum Gasteiger partial charge on any atom is -0.369 e. The average Bonchev–Trinajstić information content (AvgIpc) is 3.19. The molecule has 2 atom stereocenters. The van der Waals surface area contributed by atoms with E-state index in [1.54, 1.807) is 6.07 Å². The summed E-state index contributed by atoms with van der Waals surface area (Å²) >= 11 is 0. The quantitative estimate of drug-likeness (QED) is 0.848. The van der Waals surface area contributed by atoms with Crippen molar-refractivity contribution in [3.63, 3.8) is 0 Å². The summed E-state index contributed by atoms with van der Waals surface area (Å²) in [4.78, 5) is 7.36. The second-order valence-electron chi connectivity index (χ2n) is 7.55. The first-order chi connectivity index (χ1) is 11.2. The molecule has 1 aromatic carbocycles. The maximum Gasteiger partial charge on any atom is 0.146 e. The lowest BCUT2D eigenvalue weighted by Gasteiger charge is -2.42. The molecular weight excluding hydrogens is 289 g/mol. The van der Waals surface area contributed by atoms with Crippen LogP contribution in [0.4, 0.5) is 10.1 Å². The molecule has 3 heterocycles. The van der Waals surface area contributed by atoms with Crippen LogP contribution in [0.15, 0.2) is 18.2 Å². The Morgan fingerprint density at radius 1 is 1.09 bits per heavy atom. The van der Waals surface area contributed by atoms with Crippen LogP contribution in [0.5, 0.6) is 0 Å². The Morgan fingerprint density at radius 3 is 2.70 bits per heavy atom. The molecule has 0 bridgehead atoms. The third-order valence-corrected chi connectivity index (χ3v) is 5.91. The molecule has 3 saturated heterocycles. The van der Waals surface area contributed by atoms with Crippen LogP contribution in [0.2, 0.25) is 0 Å². The van der Waals surface area contributed by atoms with E-state index in [1.165, 1.54) is 38.8 Å². The summed E-state index contributed by atoms with van der Waals surface area (Å²) in [6.45, 7) is 8.75. The lowest BCUT2D eigenvalue weighted by atomic mass is 10.1. The molecule has 23 heavy (non-hydrogen) atoms. The number of halogens is 1. The smallest absolute Gasteiger partial charge is 0.146 e. The molecule has 3 nitrogen and oxygen atoms in total. The molecule has 0 amide bonds. The first-order valence-electron chi connectivity index (χ1n) is 9.22. The highest BCUT2D eigenvalue weighted by atomic mass is 19.1. The van der Waals surface area contributed by atoms with Crippen LogP contribution in [0.25, 0.3) is 0 Å². The number of piperazine rings is 1. The van der Waals surface area contributed by atoms with E-state index in [0.29, 0.717) is 6.04 Å². The summed E-state index contributed by atoms with van der Waals surface area (Å²) < 4.78 is 14.5. The van der Waals surface area contributed by atoms with Crippen LogP contribution in [0.3, 0.4) is 0 Å². The Morgan fingerprint density at radius 2 is 1.91 bits per heavy atom. The SMILES string of the molecule is C[C@@H]1CN2CCC[C@@H]2CN1Cc1ccc(N2CCCC2)c(F)c1. The fraction of sp³-hybridized carbons (Fsp3) is 0.684. The number of rotatable bonds is 3. The third-order valence-electron chi connectivity index (χ3n) is 5.91. The molecule has 3 aliphatic rings. The Hall–Kier alpha value is -1.13. The molecule has 0 N–H and O–H groups in total. The third kappa shape index (κ3) is 3.11. The van der Waals surface area contributed by atoms with E-state index in [1.807, 2.05) is 6.07 Å². The molecule has 0 radical (unpaired) electrons. The van der Waals surface area contributed by atoms with E-state index >= 15 is 0 Å². The number of hydrogen-bond acceptors (Lipinski definition) is 3. The van der Waals surface area contributed by atoms with Crippen molar-refractivity contribution in [1.29, 1.82) is 0 Å². The van der Waals surface area contributed by atoms with Gasteiger partial charge in [0.05, 0.1) is 5.69 Å². The molecular formula is C19H28FN3. The van der Waals surface area contributed by atoms with Crippen LogP contribution in [-0.4, -0.2) is 54.6 Å².